The van der Waals surface area contributed by atoms with Gasteiger partial charge in [-0.15, -0.1) is 0 Å². The van der Waals surface area contributed by atoms with Gasteiger partial charge in [0.1, 0.15) is 0 Å². The Morgan fingerprint density at radius 1 is 0.480 bits per heavy atom. The Labute approximate surface area is 163 Å². The zero-order chi connectivity index (χ0) is 19.2. The summed E-state index contributed by atoms with van der Waals surface area (Å²) in [5.74, 6) is 0. The molecule has 0 saturated carbocycles. The van der Waals surface area contributed by atoms with E-state index >= 15 is 0 Å². The lowest BCUT2D eigenvalue weighted by Crippen LogP contribution is -2.50. The Morgan fingerprint density at radius 3 is 0.880 bits per heavy atom. The van der Waals surface area contributed by atoms with Crippen LogP contribution in [0, 0.1) is 0 Å². The highest BCUT2D eigenvalue weighted by molar-refractivity contribution is 6.84. The van der Waals surface area contributed by atoms with Crippen LogP contribution < -0.4 is 0 Å². The molecule has 0 unspecified atom stereocenters. The maximum Gasteiger partial charge on any atom is 0.300 e. The zero-order valence-corrected chi connectivity index (χ0v) is 21.7. The van der Waals surface area contributed by atoms with Crippen molar-refractivity contribution in [2.24, 2.45) is 0 Å². The lowest BCUT2D eigenvalue weighted by Gasteiger charge is -2.40. The third-order valence-corrected chi connectivity index (χ3v) is 20.6. The fraction of sp³-hybridized carbons (Fsp3) is 1.00. The second-order valence-corrected chi connectivity index (χ2v) is 19.2. The standard InChI is InChI=1S/C20H48O2Si3/c1-8-15-24(16-9-2,17-10-3)21-23(14-7)22-25(18-11-4,19-12-5)20-13-6/h23H,8-20H2,1-7H3. The Bertz CT molecular complexity index is 251. The molecule has 0 aliphatic heterocycles. The van der Waals surface area contributed by atoms with Crippen molar-refractivity contribution in [1.82, 2.24) is 0 Å². The van der Waals surface area contributed by atoms with Crippen LogP contribution in [0.1, 0.15) is 87.0 Å². The third kappa shape index (κ3) is 9.36. The SMILES string of the molecule is CCC[Si](CCC)(CCC)O[SiH](CC)O[Si](CCC)(CCC)CCC. The summed E-state index contributed by atoms with van der Waals surface area (Å²) in [6.45, 7) is 16.3. The van der Waals surface area contributed by atoms with Gasteiger partial charge in [-0.3, -0.25) is 0 Å². The Balaban J connectivity index is 5.33. The molecule has 0 aromatic rings. The van der Waals surface area contributed by atoms with Gasteiger partial charge in [0, 0.05) is 0 Å². The van der Waals surface area contributed by atoms with Crippen LogP contribution in [0.4, 0.5) is 0 Å². The molecule has 0 aromatic heterocycles. The van der Waals surface area contributed by atoms with E-state index in [2.05, 4.69) is 48.5 Å². The maximum atomic E-state index is 7.09. The molecule has 2 nitrogen and oxygen atoms in total. The van der Waals surface area contributed by atoms with Crippen LogP contribution in [0.5, 0.6) is 0 Å². The minimum absolute atomic E-state index is 1.15. The Morgan fingerprint density at radius 2 is 0.720 bits per heavy atom. The second-order valence-electron chi connectivity index (χ2n) is 7.94. The summed E-state index contributed by atoms with van der Waals surface area (Å²) in [5, 5.41) is 0. The van der Waals surface area contributed by atoms with E-state index in [1.54, 1.807) is 0 Å². The van der Waals surface area contributed by atoms with E-state index in [-0.39, 0.29) is 0 Å². The molecule has 0 fully saturated rings. The van der Waals surface area contributed by atoms with E-state index in [0.29, 0.717) is 0 Å². The Hall–Kier alpha value is 0.571. The van der Waals surface area contributed by atoms with E-state index in [1.165, 1.54) is 74.8 Å². The molecule has 0 spiro atoms. The number of hydrogen-bond donors (Lipinski definition) is 0. The van der Waals surface area contributed by atoms with Crippen molar-refractivity contribution < 1.29 is 8.23 Å². The molecule has 5 heteroatoms. The molecule has 0 saturated heterocycles. The smallest absolute Gasteiger partial charge is 0.300 e. The van der Waals surface area contributed by atoms with Gasteiger partial charge in [0.05, 0.1) is 0 Å². The molecule has 0 aliphatic carbocycles. The molecule has 152 valence electrons. The summed E-state index contributed by atoms with van der Waals surface area (Å²) >= 11 is 0. The first-order chi connectivity index (χ1) is 12.0. The molecule has 0 heterocycles. The zero-order valence-electron chi connectivity index (χ0n) is 18.6. The largest absolute Gasteiger partial charge is 0.438 e. The molecule has 0 N–H and O–H groups in total. The molecular formula is C20H48O2Si3. The van der Waals surface area contributed by atoms with Crippen LogP contribution in [-0.4, -0.2) is 25.9 Å². The van der Waals surface area contributed by atoms with Gasteiger partial charge < -0.3 is 8.23 Å². The summed E-state index contributed by atoms with van der Waals surface area (Å²) in [5.41, 5.74) is 0. The van der Waals surface area contributed by atoms with Gasteiger partial charge in [0.15, 0.2) is 16.6 Å². The average molecular weight is 405 g/mol. The van der Waals surface area contributed by atoms with Crippen molar-refractivity contribution in [3.63, 3.8) is 0 Å². The monoisotopic (exact) mass is 404 g/mol. The van der Waals surface area contributed by atoms with Crippen LogP contribution in [-0.2, 0) is 8.23 Å². The fourth-order valence-corrected chi connectivity index (χ4v) is 20.8. The van der Waals surface area contributed by atoms with Gasteiger partial charge in [0.25, 0.3) is 0 Å². The van der Waals surface area contributed by atoms with Crippen LogP contribution >= 0.6 is 0 Å². The minimum Gasteiger partial charge on any atom is -0.438 e. The van der Waals surface area contributed by atoms with Gasteiger partial charge in [-0.05, 0) is 42.3 Å². The van der Waals surface area contributed by atoms with E-state index in [1.807, 2.05) is 0 Å². The number of hydrogen-bond acceptors (Lipinski definition) is 2. The van der Waals surface area contributed by atoms with Gasteiger partial charge in [-0.25, -0.2) is 0 Å². The first kappa shape index (κ1) is 25.6. The normalized spacial score (nSPS) is 13.0. The fourth-order valence-electron chi connectivity index (χ4n) is 4.59. The van der Waals surface area contributed by atoms with Gasteiger partial charge in [-0.1, -0.05) is 87.0 Å². The summed E-state index contributed by atoms with van der Waals surface area (Å²) in [6, 6.07) is 9.18. The van der Waals surface area contributed by atoms with Crippen LogP contribution in [0.25, 0.3) is 0 Å². The van der Waals surface area contributed by atoms with Crippen molar-refractivity contribution in [2.75, 3.05) is 0 Å². The number of rotatable bonds is 17. The predicted molar refractivity (Wildman–Crippen MR) is 122 cm³/mol. The highest BCUT2D eigenvalue weighted by Gasteiger charge is 2.40. The topological polar surface area (TPSA) is 18.5 Å². The Kier molecular flexibility index (Phi) is 14.9. The van der Waals surface area contributed by atoms with Crippen molar-refractivity contribution in [3.8, 4) is 0 Å². The van der Waals surface area contributed by atoms with E-state index < -0.39 is 25.9 Å². The van der Waals surface area contributed by atoms with Crippen molar-refractivity contribution >= 4 is 25.9 Å². The summed E-state index contributed by atoms with van der Waals surface area (Å²) in [4.78, 5) is 0. The van der Waals surface area contributed by atoms with Crippen LogP contribution in [0.3, 0.4) is 0 Å². The summed E-state index contributed by atoms with van der Waals surface area (Å²) in [7, 11) is -4.71. The van der Waals surface area contributed by atoms with E-state index in [9.17, 15) is 0 Å². The minimum atomic E-state index is -1.59. The van der Waals surface area contributed by atoms with Gasteiger partial charge in [-0.2, -0.15) is 0 Å². The first-order valence-corrected chi connectivity index (χ1v) is 18.2. The molecule has 0 aromatic carbocycles. The molecule has 0 radical (unpaired) electrons. The summed E-state index contributed by atoms with van der Waals surface area (Å²) in [6.07, 6.45) is 7.66. The third-order valence-electron chi connectivity index (χ3n) is 5.33. The van der Waals surface area contributed by atoms with Gasteiger partial charge >= 0.3 is 9.28 Å². The predicted octanol–water partition coefficient (Wildman–Crippen LogP) is 7.61. The molecule has 0 bridgehead atoms. The van der Waals surface area contributed by atoms with E-state index in [4.69, 9.17) is 8.23 Å². The first-order valence-electron chi connectivity index (χ1n) is 11.4. The maximum absolute atomic E-state index is 7.09. The van der Waals surface area contributed by atoms with Crippen LogP contribution in [0.2, 0.25) is 42.3 Å². The van der Waals surface area contributed by atoms with Crippen molar-refractivity contribution in [1.29, 1.82) is 0 Å². The molecule has 0 atom stereocenters. The molecule has 0 rings (SSSR count). The average Bonchev–Trinajstić information content (AvgIpc) is 2.55. The quantitative estimate of drug-likeness (QED) is 0.232. The molecular weight excluding hydrogens is 356 g/mol. The molecule has 0 amide bonds. The van der Waals surface area contributed by atoms with Crippen molar-refractivity contribution in [2.45, 2.75) is 129 Å². The van der Waals surface area contributed by atoms with Gasteiger partial charge in [0.2, 0.25) is 0 Å². The second kappa shape index (κ2) is 14.6. The molecule has 25 heavy (non-hydrogen) atoms. The molecule has 0 aliphatic rings. The lowest BCUT2D eigenvalue weighted by atomic mass is 10.6. The summed E-state index contributed by atoms with van der Waals surface area (Å²) < 4.78 is 14.2. The highest BCUT2D eigenvalue weighted by atomic mass is 28.4. The van der Waals surface area contributed by atoms with Crippen molar-refractivity contribution in [3.05, 3.63) is 0 Å². The highest BCUT2D eigenvalue weighted by Crippen LogP contribution is 2.33. The lowest BCUT2D eigenvalue weighted by molar-refractivity contribution is 0.393. The van der Waals surface area contributed by atoms with Crippen LogP contribution in [0.15, 0.2) is 0 Å². The van der Waals surface area contributed by atoms with E-state index in [0.717, 1.165) is 6.04 Å².